The molecule has 0 radical (unpaired) electrons. The number of likely N-dealkylation sites (tertiary alicyclic amines) is 2. The van der Waals surface area contributed by atoms with Crippen molar-refractivity contribution in [1.82, 2.24) is 9.80 Å². The van der Waals surface area contributed by atoms with Crippen molar-refractivity contribution in [3.8, 4) is 5.75 Å². The molecule has 2 fully saturated rings. The van der Waals surface area contributed by atoms with Crippen LogP contribution in [-0.4, -0.2) is 53.8 Å². The fourth-order valence-corrected chi connectivity index (χ4v) is 4.39. The Balaban J connectivity index is 1.71. The van der Waals surface area contributed by atoms with Crippen LogP contribution in [0.15, 0.2) is 12.1 Å². The van der Waals surface area contributed by atoms with Crippen molar-refractivity contribution in [3.05, 3.63) is 28.8 Å². The molecule has 2 bridgehead atoms. The van der Waals surface area contributed by atoms with Crippen LogP contribution in [0.5, 0.6) is 5.75 Å². The van der Waals surface area contributed by atoms with Gasteiger partial charge in [0.15, 0.2) is 0 Å². The lowest BCUT2D eigenvalue weighted by Gasteiger charge is -2.38. The summed E-state index contributed by atoms with van der Waals surface area (Å²) in [5, 5.41) is 0. The van der Waals surface area contributed by atoms with Gasteiger partial charge in [0.25, 0.3) is 0 Å². The Bertz CT molecular complexity index is 695. The maximum absolute atomic E-state index is 12.4. The number of carbonyl (C=O) groups excluding carboxylic acids is 1. The SMILES string of the molecule is COc1ccc([C@H](C)N2C[C@@H]3C[C@H]2CN3C(=O)OC(C)(C)C)c(C)c1C. The van der Waals surface area contributed by atoms with Crippen LogP contribution in [0.2, 0.25) is 0 Å². The second-order valence-corrected chi connectivity index (χ2v) is 8.66. The van der Waals surface area contributed by atoms with Crippen molar-refractivity contribution in [2.75, 3.05) is 20.2 Å². The van der Waals surface area contributed by atoms with Crippen molar-refractivity contribution in [2.45, 2.75) is 71.7 Å². The quantitative estimate of drug-likeness (QED) is 0.815. The molecule has 0 saturated carbocycles. The third kappa shape index (κ3) is 3.41. The zero-order valence-corrected chi connectivity index (χ0v) is 17.1. The van der Waals surface area contributed by atoms with Crippen molar-refractivity contribution in [2.24, 2.45) is 0 Å². The molecule has 2 aliphatic heterocycles. The predicted octanol–water partition coefficient (Wildman–Crippen LogP) is 4.07. The summed E-state index contributed by atoms with van der Waals surface area (Å²) >= 11 is 0. The Morgan fingerprint density at radius 1 is 1.15 bits per heavy atom. The van der Waals surface area contributed by atoms with Crippen LogP contribution in [0.25, 0.3) is 0 Å². The highest BCUT2D eigenvalue weighted by molar-refractivity contribution is 5.69. The van der Waals surface area contributed by atoms with Gasteiger partial charge in [0.2, 0.25) is 0 Å². The molecule has 2 aliphatic rings. The first-order valence-corrected chi connectivity index (χ1v) is 9.52. The monoisotopic (exact) mass is 360 g/mol. The number of fused-ring (bicyclic) bond motifs is 2. The molecule has 5 nitrogen and oxygen atoms in total. The lowest BCUT2D eigenvalue weighted by molar-refractivity contribution is 0.00961. The van der Waals surface area contributed by atoms with Gasteiger partial charge in [-0.3, -0.25) is 4.90 Å². The summed E-state index contributed by atoms with van der Waals surface area (Å²) in [6, 6.07) is 5.25. The smallest absolute Gasteiger partial charge is 0.410 e. The van der Waals surface area contributed by atoms with Gasteiger partial charge in [-0.1, -0.05) is 6.07 Å². The number of nitrogens with zero attached hydrogens (tertiary/aromatic N) is 2. The highest BCUT2D eigenvalue weighted by atomic mass is 16.6. The third-order valence-corrected chi connectivity index (χ3v) is 5.86. The Morgan fingerprint density at radius 2 is 1.85 bits per heavy atom. The van der Waals surface area contributed by atoms with Gasteiger partial charge >= 0.3 is 6.09 Å². The van der Waals surface area contributed by atoms with Crippen LogP contribution in [0.4, 0.5) is 4.79 Å². The molecule has 0 aromatic heterocycles. The summed E-state index contributed by atoms with van der Waals surface area (Å²) in [4.78, 5) is 16.9. The molecular weight excluding hydrogens is 328 g/mol. The van der Waals surface area contributed by atoms with E-state index in [1.165, 1.54) is 16.7 Å². The summed E-state index contributed by atoms with van der Waals surface area (Å²) in [7, 11) is 1.72. The second kappa shape index (κ2) is 6.76. The summed E-state index contributed by atoms with van der Waals surface area (Å²) in [6.07, 6.45) is 0.867. The molecular formula is C21H32N2O3. The van der Waals surface area contributed by atoms with E-state index in [4.69, 9.17) is 9.47 Å². The Morgan fingerprint density at radius 3 is 2.38 bits per heavy atom. The van der Waals surface area contributed by atoms with E-state index in [9.17, 15) is 4.79 Å². The molecule has 3 rings (SSSR count). The number of carbonyl (C=O) groups is 1. The molecule has 1 amide bonds. The van der Waals surface area contributed by atoms with E-state index in [-0.39, 0.29) is 12.1 Å². The number of amides is 1. The summed E-state index contributed by atoms with van der Waals surface area (Å²) < 4.78 is 11.0. The van der Waals surface area contributed by atoms with Gasteiger partial charge in [-0.25, -0.2) is 4.79 Å². The molecule has 2 heterocycles. The Labute approximate surface area is 157 Å². The van der Waals surface area contributed by atoms with Crippen molar-refractivity contribution in [1.29, 1.82) is 0 Å². The lowest BCUT2D eigenvalue weighted by atomic mass is 9.96. The zero-order valence-electron chi connectivity index (χ0n) is 17.1. The van der Waals surface area contributed by atoms with Crippen LogP contribution in [0, 0.1) is 13.8 Å². The molecule has 0 aliphatic carbocycles. The van der Waals surface area contributed by atoms with Crippen LogP contribution < -0.4 is 4.74 Å². The summed E-state index contributed by atoms with van der Waals surface area (Å²) in [5.74, 6) is 0.942. The van der Waals surface area contributed by atoms with Gasteiger partial charge in [0.05, 0.1) is 7.11 Å². The lowest BCUT2D eigenvalue weighted by Crippen LogP contribution is -2.50. The van der Waals surface area contributed by atoms with Crippen molar-refractivity contribution < 1.29 is 14.3 Å². The van der Waals surface area contributed by atoms with Crippen LogP contribution in [0.1, 0.15) is 56.8 Å². The minimum atomic E-state index is -0.441. The van der Waals surface area contributed by atoms with Gasteiger partial charge < -0.3 is 14.4 Å². The standard InChI is InChI=1S/C21H32N2O3/c1-13-14(2)19(25-7)9-8-18(13)15(3)22-11-17-10-16(22)12-23(17)20(24)26-21(4,5)6/h8-9,15-17H,10-12H2,1-7H3/t15-,16-,17-/m0/s1. The molecule has 5 heteroatoms. The minimum Gasteiger partial charge on any atom is -0.496 e. The fraction of sp³-hybridized carbons (Fsp3) is 0.667. The topological polar surface area (TPSA) is 42.0 Å². The van der Waals surface area contributed by atoms with Gasteiger partial charge in [-0.05, 0) is 70.7 Å². The number of ether oxygens (including phenoxy) is 2. The number of hydrogen-bond donors (Lipinski definition) is 0. The molecule has 3 atom stereocenters. The largest absolute Gasteiger partial charge is 0.496 e. The molecule has 2 saturated heterocycles. The summed E-state index contributed by atoms with van der Waals surface area (Å²) in [5.41, 5.74) is 3.41. The molecule has 0 N–H and O–H groups in total. The molecule has 0 spiro atoms. The Hall–Kier alpha value is -1.75. The van der Waals surface area contributed by atoms with E-state index >= 15 is 0 Å². The van der Waals surface area contributed by atoms with Gasteiger partial charge in [0, 0.05) is 31.2 Å². The van der Waals surface area contributed by atoms with E-state index in [0.717, 1.165) is 25.3 Å². The van der Waals surface area contributed by atoms with E-state index < -0.39 is 5.60 Å². The number of rotatable bonds is 3. The van der Waals surface area contributed by atoms with E-state index in [0.29, 0.717) is 12.1 Å². The van der Waals surface area contributed by atoms with Gasteiger partial charge in [-0.15, -0.1) is 0 Å². The minimum absolute atomic E-state index is 0.172. The number of hydrogen-bond acceptors (Lipinski definition) is 4. The molecule has 1 aromatic carbocycles. The predicted molar refractivity (Wildman–Crippen MR) is 103 cm³/mol. The van der Waals surface area contributed by atoms with Crippen LogP contribution >= 0.6 is 0 Å². The highest BCUT2D eigenvalue weighted by Crippen LogP contribution is 2.39. The molecule has 144 valence electrons. The van der Waals surface area contributed by atoms with E-state index in [1.807, 2.05) is 25.7 Å². The average Bonchev–Trinajstić information content (AvgIpc) is 3.15. The third-order valence-electron chi connectivity index (χ3n) is 5.86. The highest BCUT2D eigenvalue weighted by Gasteiger charge is 2.48. The van der Waals surface area contributed by atoms with Crippen molar-refractivity contribution in [3.63, 3.8) is 0 Å². The number of benzene rings is 1. The first-order chi connectivity index (χ1) is 12.1. The molecule has 0 unspecified atom stereocenters. The van der Waals surface area contributed by atoms with Gasteiger partial charge in [-0.2, -0.15) is 0 Å². The summed E-state index contributed by atoms with van der Waals surface area (Å²) in [6.45, 7) is 14.0. The molecule has 1 aromatic rings. The Kier molecular flexibility index (Phi) is 4.95. The first kappa shape index (κ1) is 19.0. The van der Waals surface area contributed by atoms with E-state index in [1.54, 1.807) is 7.11 Å². The maximum atomic E-state index is 12.4. The maximum Gasteiger partial charge on any atom is 0.410 e. The first-order valence-electron chi connectivity index (χ1n) is 9.52. The number of piperazine rings is 1. The number of methoxy groups -OCH3 is 1. The van der Waals surface area contributed by atoms with Crippen LogP contribution in [0.3, 0.4) is 0 Å². The average molecular weight is 360 g/mol. The normalized spacial score (nSPS) is 24.0. The van der Waals surface area contributed by atoms with Gasteiger partial charge in [0.1, 0.15) is 11.4 Å². The van der Waals surface area contributed by atoms with Crippen LogP contribution in [-0.2, 0) is 4.74 Å². The van der Waals surface area contributed by atoms with Crippen molar-refractivity contribution >= 4 is 6.09 Å². The second-order valence-electron chi connectivity index (χ2n) is 8.66. The zero-order chi connectivity index (χ0) is 19.2. The molecule has 26 heavy (non-hydrogen) atoms. The van der Waals surface area contributed by atoms with E-state index in [2.05, 4.69) is 37.8 Å². The fourth-order valence-electron chi connectivity index (χ4n) is 4.39.